The van der Waals surface area contributed by atoms with Gasteiger partial charge in [-0.1, -0.05) is 31.2 Å². The summed E-state index contributed by atoms with van der Waals surface area (Å²) in [6.45, 7) is 4.48. The number of benzene rings is 2. The summed E-state index contributed by atoms with van der Waals surface area (Å²) in [6, 6.07) is 14.7. The molecule has 30 heavy (non-hydrogen) atoms. The van der Waals surface area contributed by atoms with Crippen LogP contribution in [0.3, 0.4) is 0 Å². The molecule has 0 N–H and O–H groups in total. The molecule has 1 aliphatic heterocycles. The molecule has 0 radical (unpaired) electrons. The van der Waals surface area contributed by atoms with Gasteiger partial charge in [0.1, 0.15) is 12.4 Å². The lowest BCUT2D eigenvalue weighted by Crippen LogP contribution is -2.32. The summed E-state index contributed by atoms with van der Waals surface area (Å²) in [5.74, 6) is 1.61. The number of carbonyl (C=O) groups excluding carboxylic acids is 2. The van der Waals surface area contributed by atoms with Crippen molar-refractivity contribution in [1.29, 1.82) is 0 Å². The molecular weight excluding hydrogens is 402 g/mol. The summed E-state index contributed by atoms with van der Waals surface area (Å²) >= 11 is 0.926. The van der Waals surface area contributed by atoms with E-state index in [0.717, 1.165) is 23.7 Å². The van der Waals surface area contributed by atoms with Gasteiger partial charge < -0.3 is 14.2 Å². The van der Waals surface area contributed by atoms with Crippen molar-refractivity contribution in [3.05, 3.63) is 59.0 Å². The van der Waals surface area contributed by atoms with Crippen molar-refractivity contribution in [2.75, 3.05) is 20.3 Å². The summed E-state index contributed by atoms with van der Waals surface area (Å²) < 4.78 is 16.9. The second-order valence-corrected chi connectivity index (χ2v) is 7.74. The molecule has 6 nitrogen and oxygen atoms in total. The second-order valence-electron chi connectivity index (χ2n) is 6.74. The molecule has 7 heteroatoms. The van der Waals surface area contributed by atoms with Crippen LogP contribution in [0.15, 0.2) is 53.4 Å². The van der Waals surface area contributed by atoms with Crippen LogP contribution in [0.5, 0.6) is 17.2 Å². The van der Waals surface area contributed by atoms with E-state index in [1.807, 2.05) is 56.3 Å². The molecule has 1 fully saturated rings. The van der Waals surface area contributed by atoms with Gasteiger partial charge in [0.2, 0.25) is 0 Å². The fourth-order valence-corrected chi connectivity index (χ4v) is 3.65. The number of amides is 2. The predicted octanol–water partition coefficient (Wildman–Crippen LogP) is 4.99. The highest BCUT2D eigenvalue weighted by atomic mass is 32.2. The summed E-state index contributed by atoms with van der Waals surface area (Å²) in [7, 11) is 1.57. The fourth-order valence-electron chi connectivity index (χ4n) is 2.79. The maximum Gasteiger partial charge on any atom is 0.293 e. The molecule has 0 spiro atoms. The largest absolute Gasteiger partial charge is 0.493 e. The van der Waals surface area contributed by atoms with Crippen LogP contribution in [0, 0.1) is 0 Å². The number of ether oxygens (including phenoxy) is 3. The molecule has 2 amide bonds. The molecule has 158 valence electrons. The van der Waals surface area contributed by atoms with E-state index in [1.165, 1.54) is 4.90 Å². The van der Waals surface area contributed by atoms with Crippen molar-refractivity contribution in [2.24, 2.45) is 0 Å². The molecule has 1 saturated heterocycles. The van der Waals surface area contributed by atoms with Crippen molar-refractivity contribution in [1.82, 2.24) is 4.90 Å². The molecule has 1 aliphatic rings. The van der Waals surface area contributed by atoms with Crippen LogP contribution < -0.4 is 14.2 Å². The highest BCUT2D eigenvalue weighted by molar-refractivity contribution is 8.18. The number of para-hydroxylation sites is 1. The molecule has 0 aromatic heterocycles. The Hall–Kier alpha value is -2.93. The van der Waals surface area contributed by atoms with Crippen molar-refractivity contribution >= 4 is 29.0 Å². The van der Waals surface area contributed by atoms with Crippen molar-refractivity contribution < 1.29 is 23.8 Å². The molecule has 0 aliphatic carbocycles. The lowest BCUT2D eigenvalue weighted by atomic mass is 10.1. The normalized spacial score (nSPS) is 16.1. The Kier molecular flexibility index (Phi) is 7.41. The first kappa shape index (κ1) is 21.8. The molecular formula is C23H25NO5S. The molecule has 1 heterocycles. The Balaban J connectivity index is 1.67. The third kappa shape index (κ3) is 5.36. The van der Waals surface area contributed by atoms with Crippen LogP contribution in [0.2, 0.25) is 0 Å². The lowest BCUT2D eigenvalue weighted by molar-refractivity contribution is -0.123. The fraction of sp³-hybridized carbons (Fsp3) is 0.304. The Morgan fingerprint density at radius 1 is 1.10 bits per heavy atom. The number of rotatable bonds is 9. The summed E-state index contributed by atoms with van der Waals surface area (Å²) in [4.78, 5) is 26.5. The van der Waals surface area contributed by atoms with Crippen LogP contribution in [-0.4, -0.2) is 42.4 Å². The zero-order chi connectivity index (χ0) is 21.5. The van der Waals surface area contributed by atoms with E-state index >= 15 is 0 Å². The maximum absolute atomic E-state index is 12.7. The van der Waals surface area contributed by atoms with Crippen molar-refractivity contribution in [3.8, 4) is 17.2 Å². The molecule has 2 aromatic carbocycles. The maximum atomic E-state index is 12.7. The summed E-state index contributed by atoms with van der Waals surface area (Å²) in [5, 5.41) is -0.299. The number of hydrogen-bond donors (Lipinski definition) is 0. The first-order valence-corrected chi connectivity index (χ1v) is 10.6. The van der Waals surface area contributed by atoms with Gasteiger partial charge in [-0.25, -0.2) is 0 Å². The Morgan fingerprint density at radius 3 is 2.57 bits per heavy atom. The van der Waals surface area contributed by atoms with E-state index < -0.39 is 0 Å². The van der Waals surface area contributed by atoms with Crippen LogP contribution in [-0.2, 0) is 4.79 Å². The summed E-state index contributed by atoms with van der Waals surface area (Å²) in [5.41, 5.74) is 0.759. The second kappa shape index (κ2) is 10.2. The number of nitrogens with zero attached hydrogens (tertiary/aromatic N) is 1. The van der Waals surface area contributed by atoms with Crippen LogP contribution >= 0.6 is 11.8 Å². The van der Waals surface area contributed by atoms with Gasteiger partial charge in [-0.05, 0) is 61.0 Å². The number of thioether (sulfide) groups is 1. The van der Waals surface area contributed by atoms with Crippen LogP contribution in [0.25, 0.3) is 6.08 Å². The number of methoxy groups -OCH3 is 1. The van der Waals surface area contributed by atoms with Crippen molar-refractivity contribution in [3.63, 3.8) is 0 Å². The molecule has 0 saturated carbocycles. The van der Waals surface area contributed by atoms with E-state index in [-0.39, 0.29) is 30.4 Å². The van der Waals surface area contributed by atoms with Gasteiger partial charge in [0.05, 0.1) is 24.7 Å². The first-order chi connectivity index (χ1) is 14.5. The lowest BCUT2D eigenvalue weighted by Gasteiger charge is -2.15. The highest BCUT2D eigenvalue weighted by Crippen LogP contribution is 2.34. The smallest absolute Gasteiger partial charge is 0.293 e. The Labute approximate surface area is 180 Å². The van der Waals surface area contributed by atoms with Gasteiger partial charge in [-0.3, -0.25) is 14.5 Å². The minimum absolute atomic E-state index is 0.0688. The van der Waals surface area contributed by atoms with Gasteiger partial charge in [-0.2, -0.15) is 0 Å². The SMILES string of the molecule is CCC(C)Oc1ccc(/C=C2\SC(=O)N(CCOc3ccccc3)C2=O)cc1OC. The standard InChI is InChI=1S/C23H25NO5S/c1-4-16(2)29-19-11-10-17(14-20(19)27-3)15-21-22(25)24(23(26)30-21)12-13-28-18-8-6-5-7-9-18/h5-11,14-16H,4,12-13H2,1-3H3/b21-15-. The van der Waals surface area contributed by atoms with Gasteiger partial charge in [0.25, 0.3) is 11.1 Å². The monoisotopic (exact) mass is 427 g/mol. The average molecular weight is 428 g/mol. The van der Waals surface area contributed by atoms with Crippen LogP contribution in [0.4, 0.5) is 4.79 Å². The highest BCUT2D eigenvalue weighted by Gasteiger charge is 2.34. The topological polar surface area (TPSA) is 65.1 Å². The molecule has 2 aromatic rings. The van der Waals surface area contributed by atoms with E-state index in [4.69, 9.17) is 14.2 Å². The van der Waals surface area contributed by atoms with Crippen LogP contribution in [0.1, 0.15) is 25.8 Å². The Morgan fingerprint density at radius 2 is 1.87 bits per heavy atom. The quantitative estimate of drug-likeness (QED) is 0.526. The zero-order valence-electron chi connectivity index (χ0n) is 17.3. The molecule has 1 atom stereocenters. The van der Waals surface area contributed by atoms with E-state index in [2.05, 4.69) is 0 Å². The molecule has 0 bridgehead atoms. The zero-order valence-corrected chi connectivity index (χ0v) is 18.1. The number of imide groups is 1. The third-order valence-electron chi connectivity index (χ3n) is 4.59. The van der Waals surface area contributed by atoms with Gasteiger partial charge >= 0.3 is 0 Å². The molecule has 3 rings (SSSR count). The Bertz CT molecular complexity index is 928. The molecule has 1 unspecified atom stereocenters. The van der Waals surface area contributed by atoms with Gasteiger partial charge in [0, 0.05) is 0 Å². The number of hydrogen-bond acceptors (Lipinski definition) is 6. The predicted molar refractivity (Wildman–Crippen MR) is 118 cm³/mol. The minimum Gasteiger partial charge on any atom is -0.493 e. The number of carbonyl (C=O) groups is 2. The average Bonchev–Trinajstić information content (AvgIpc) is 3.02. The first-order valence-electron chi connectivity index (χ1n) is 9.79. The van der Waals surface area contributed by atoms with E-state index in [9.17, 15) is 9.59 Å². The minimum atomic E-state index is -0.319. The van der Waals surface area contributed by atoms with E-state index in [1.54, 1.807) is 19.3 Å². The van der Waals surface area contributed by atoms with Crippen molar-refractivity contribution in [2.45, 2.75) is 26.4 Å². The summed E-state index contributed by atoms with van der Waals surface area (Å²) in [6.07, 6.45) is 2.64. The third-order valence-corrected chi connectivity index (χ3v) is 5.50. The van der Waals surface area contributed by atoms with Gasteiger partial charge in [-0.15, -0.1) is 0 Å². The van der Waals surface area contributed by atoms with Gasteiger partial charge in [0.15, 0.2) is 11.5 Å². The van der Waals surface area contributed by atoms with E-state index in [0.29, 0.717) is 22.2 Å².